The summed E-state index contributed by atoms with van der Waals surface area (Å²) in [4.78, 5) is 12.4. The molecule has 15 heavy (non-hydrogen) atoms. The molecular formula is C10H18F3NO. The molecule has 0 unspecified atom stereocenters. The van der Waals surface area contributed by atoms with Gasteiger partial charge in [0.25, 0.3) is 0 Å². The van der Waals surface area contributed by atoms with Crippen LogP contribution in [0.15, 0.2) is 0 Å². The van der Waals surface area contributed by atoms with Crippen molar-refractivity contribution in [3.05, 3.63) is 0 Å². The van der Waals surface area contributed by atoms with Crippen LogP contribution in [-0.4, -0.2) is 36.0 Å². The molecule has 5 heteroatoms. The summed E-state index contributed by atoms with van der Waals surface area (Å²) in [5.41, 5.74) is 0. The van der Waals surface area contributed by atoms with E-state index in [2.05, 4.69) is 0 Å². The summed E-state index contributed by atoms with van der Waals surface area (Å²) in [5.74, 6) is -0.129. The zero-order valence-electron chi connectivity index (χ0n) is 9.40. The van der Waals surface area contributed by atoms with Crippen LogP contribution in [-0.2, 0) is 4.79 Å². The van der Waals surface area contributed by atoms with Crippen LogP contribution < -0.4 is 0 Å². The first-order chi connectivity index (χ1) is 6.76. The molecule has 2 nitrogen and oxygen atoms in total. The SMILES string of the molecule is CCCC(=O)CN(CC(F)(F)F)C(C)C. The molecule has 0 heterocycles. The number of ketones is 1. The second kappa shape index (κ2) is 6.10. The minimum absolute atomic E-state index is 0.106. The van der Waals surface area contributed by atoms with Gasteiger partial charge in [-0.05, 0) is 20.3 Å². The van der Waals surface area contributed by atoms with Crippen LogP contribution in [0.5, 0.6) is 0 Å². The van der Waals surface area contributed by atoms with E-state index < -0.39 is 12.7 Å². The highest BCUT2D eigenvalue weighted by Gasteiger charge is 2.32. The van der Waals surface area contributed by atoms with Gasteiger partial charge in [-0.15, -0.1) is 0 Å². The second-order valence-corrected chi connectivity index (χ2v) is 3.90. The van der Waals surface area contributed by atoms with Gasteiger partial charge in [-0.3, -0.25) is 9.69 Å². The van der Waals surface area contributed by atoms with Gasteiger partial charge >= 0.3 is 6.18 Å². The van der Waals surface area contributed by atoms with E-state index in [0.29, 0.717) is 12.8 Å². The van der Waals surface area contributed by atoms with E-state index >= 15 is 0 Å². The fourth-order valence-corrected chi connectivity index (χ4v) is 1.24. The molecule has 0 rings (SSSR count). The Morgan fingerprint density at radius 1 is 1.33 bits per heavy atom. The maximum atomic E-state index is 12.1. The van der Waals surface area contributed by atoms with Crippen LogP contribution in [0.3, 0.4) is 0 Å². The standard InChI is InChI=1S/C10H18F3NO/c1-4-5-9(15)6-14(8(2)3)7-10(11,12)13/h8H,4-7H2,1-3H3. The van der Waals surface area contributed by atoms with E-state index in [4.69, 9.17) is 0 Å². The van der Waals surface area contributed by atoms with Gasteiger partial charge in [0, 0.05) is 12.5 Å². The van der Waals surface area contributed by atoms with Crippen LogP contribution in [0.2, 0.25) is 0 Å². The van der Waals surface area contributed by atoms with Crippen molar-refractivity contribution in [3.63, 3.8) is 0 Å². The van der Waals surface area contributed by atoms with Crippen molar-refractivity contribution in [2.45, 2.75) is 45.8 Å². The number of hydrogen-bond acceptors (Lipinski definition) is 2. The maximum absolute atomic E-state index is 12.1. The Morgan fingerprint density at radius 3 is 2.20 bits per heavy atom. The number of carbonyl (C=O) groups is 1. The van der Waals surface area contributed by atoms with Crippen molar-refractivity contribution < 1.29 is 18.0 Å². The number of hydrogen-bond donors (Lipinski definition) is 0. The molecule has 0 aromatic heterocycles. The average molecular weight is 225 g/mol. The van der Waals surface area contributed by atoms with Crippen molar-refractivity contribution in [2.24, 2.45) is 0 Å². The Balaban J connectivity index is 4.23. The Bertz CT molecular complexity index is 201. The van der Waals surface area contributed by atoms with Crippen molar-refractivity contribution >= 4 is 5.78 Å². The van der Waals surface area contributed by atoms with E-state index in [-0.39, 0.29) is 18.4 Å². The third kappa shape index (κ3) is 7.36. The first-order valence-electron chi connectivity index (χ1n) is 5.08. The Kier molecular flexibility index (Phi) is 5.87. The van der Waals surface area contributed by atoms with Crippen molar-refractivity contribution in [3.8, 4) is 0 Å². The first kappa shape index (κ1) is 14.4. The van der Waals surface area contributed by atoms with Crippen LogP contribution in [0.1, 0.15) is 33.6 Å². The van der Waals surface area contributed by atoms with E-state index in [9.17, 15) is 18.0 Å². The highest BCUT2D eigenvalue weighted by atomic mass is 19.4. The number of alkyl halides is 3. The Morgan fingerprint density at radius 2 is 1.87 bits per heavy atom. The quantitative estimate of drug-likeness (QED) is 0.692. The summed E-state index contributed by atoms with van der Waals surface area (Å²) < 4.78 is 36.4. The molecular weight excluding hydrogens is 207 g/mol. The Hall–Kier alpha value is -0.580. The summed E-state index contributed by atoms with van der Waals surface area (Å²) in [5, 5.41) is 0. The second-order valence-electron chi connectivity index (χ2n) is 3.90. The fraction of sp³-hybridized carbons (Fsp3) is 0.900. The van der Waals surface area contributed by atoms with Gasteiger partial charge in [-0.25, -0.2) is 0 Å². The molecule has 0 amide bonds. The summed E-state index contributed by atoms with van der Waals surface area (Å²) in [6, 6.07) is -0.271. The van der Waals surface area contributed by atoms with Crippen molar-refractivity contribution in [2.75, 3.05) is 13.1 Å². The average Bonchev–Trinajstić information content (AvgIpc) is 2.00. The highest BCUT2D eigenvalue weighted by Crippen LogP contribution is 2.18. The van der Waals surface area contributed by atoms with E-state index in [0.717, 1.165) is 4.90 Å². The lowest BCUT2D eigenvalue weighted by atomic mass is 10.2. The minimum atomic E-state index is -4.24. The van der Waals surface area contributed by atoms with E-state index in [1.165, 1.54) is 0 Å². The molecule has 0 spiro atoms. The smallest absolute Gasteiger partial charge is 0.298 e. The van der Waals surface area contributed by atoms with Crippen LogP contribution in [0.4, 0.5) is 13.2 Å². The molecule has 0 fully saturated rings. The number of Topliss-reactive ketones (excluding diaryl/α,β-unsaturated/α-hetero) is 1. The molecule has 0 saturated carbocycles. The zero-order valence-corrected chi connectivity index (χ0v) is 9.40. The summed E-state index contributed by atoms with van der Waals surface area (Å²) in [6.45, 7) is 4.03. The number of carbonyl (C=O) groups excluding carboxylic acids is 1. The topological polar surface area (TPSA) is 20.3 Å². The van der Waals surface area contributed by atoms with Gasteiger partial charge in [-0.2, -0.15) is 13.2 Å². The van der Waals surface area contributed by atoms with Crippen molar-refractivity contribution in [1.82, 2.24) is 4.90 Å². The normalized spacial score (nSPS) is 12.5. The van der Waals surface area contributed by atoms with Crippen LogP contribution in [0, 0.1) is 0 Å². The summed E-state index contributed by atoms with van der Waals surface area (Å²) in [6.07, 6.45) is -3.21. The molecule has 0 aliphatic carbocycles. The maximum Gasteiger partial charge on any atom is 0.401 e. The molecule has 0 atom stereocenters. The summed E-state index contributed by atoms with van der Waals surface area (Å²) >= 11 is 0. The number of nitrogens with zero attached hydrogens (tertiary/aromatic N) is 1. The number of halogens is 3. The predicted octanol–water partition coefficient (Wildman–Crippen LogP) is 2.63. The molecule has 0 aliphatic rings. The van der Waals surface area contributed by atoms with Crippen molar-refractivity contribution in [1.29, 1.82) is 0 Å². The largest absolute Gasteiger partial charge is 0.401 e. The molecule has 0 bridgehead atoms. The van der Waals surface area contributed by atoms with Gasteiger partial charge in [0.15, 0.2) is 0 Å². The van der Waals surface area contributed by atoms with Gasteiger partial charge in [0.2, 0.25) is 0 Å². The molecule has 90 valence electrons. The molecule has 0 radical (unpaired) electrons. The lowest BCUT2D eigenvalue weighted by molar-refractivity contribution is -0.151. The molecule has 0 N–H and O–H groups in total. The monoisotopic (exact) mass is 225 g/mol. The molecule has 0 aliphatic heterocycles. The first-order valence-corrected chi connectivity index (χ1v) is 5.08. The van der Waals surface area contributed by atoms with E-state index in [1.54, 1.807) is 13.8 Å². The lowest BCUT2D eigenvalue weighted by Gasteiger charge is -2.26. The fourth-order valence-electron chi connectivity index (χ4n) is 1.24. The minimum Gasteiger partial charge on any atom is -0.298 e. The highest BCUT2D eigenvalue weighted by molar-refractivity contribution is 5.80. The summed E-state index contributed by atoms with van der Waals surface area (Å²) in [7, 11) is 0. The predicted molar refractivity (Wildman–Crippen MR) is 52.7 cm³/mol. The zero-order chi connectivity index (χ0) is 12.1. The lowest BCUT2D eigenvalue weighted by Crippen LogP contribution is -2.42. The Labute approximate surface area is 88.4 Å². The molecule has 0 aromatic rings. The van der Waals surface area contributed by atoms with Crippen LogP contribution in [0.25, 0.3) is 0 Å². The van der Waals surface area contributed by atoms with Gasteiger partial charge in [0.1, 0.15) is 5.78 Å². The third-order valence-corrected chi connectivity index (χ3v) is 2.02. The van der Waals surface area contributed by atoms with Gasteiger partial charge in [-0.1, -0.05) is 6.92 Å². The van der Waals surface area contributed by atoms with Gasteiger partial charge in [0.05, 0.1) is 13.1 Å². The molecule has 0 aromatic carbocycles. The molecule has 0 saturated heterocycles. The van der Waals surface area contributed by atoms with Crippen LogP contribution >= 0.6 is 0 Å². The van der Waals surface area contributed by atoms with E-state index in [1.807, 2.05) is 6.92 Å². The third-order valence-electron chi connectivity index (χ3n) is 2.02. The van der Waals surface area contributed by atoms with Gasteiger partial charge < -0.3 is 0 Å². The number of rotatable bonds is 6.